The smallest absolute Gasteiger partial charge is 0.128 e. The number of nitrogens with one attached hydrogen (secondary N) is 2. The quantitative estimate of drug-likeness (QED) is 0.464. The maximum Gasteiger partial charge on any atom is 0.128 e. The minimum Gasteiger partial charge on any atom is -0.317 e. The second-order valence-electron chi connectivity index (χ2n) is 8.06. The van der Waals surface area contributed by atoms with Gasteiger partial charge in [0.05, 0.1) is 47.1 Å². The van der Waals surface area contributed by atoms with Crippen molar-refractivity contribution < 1.29 is 0 Å². The Kier molecular flexibility index (Phi) is 4.12. The minimum atomic E-state index is 0.141. The molecule has 0 aromatic carbocycles. The lowest BCUT2D eigenvalue weighted by molar-refractivity contribution is 0.279. The first kappa shape index (κ1) is 15.5. The second-order valence-corrected chi connectivity index (χ2v) is 8.06. The van der Waals surface area contributed by atoms with Crippen molar-refractivity contribution in [2.24, 2.45) is 0 Å². The molecule has 10 heteroatoms. The van der Waals surface area contributed by atoms with Crippen LogP contribution in [0.1, 0.15) is 0 Å². The Morgan fingerprint density at radius 2 is 1.29 bits per heavy atom. The van der Waals surface area contributed by atoms with E-state index in [1.807, 2.05) is 0 Å². The molecule has 2 N–H and O–H groups in total. The maximum absolute atomic E-state index is 3.79. The Bertz CT molecular complexity index is 263. The Morgan fingerprint density at radius 1 is 0.824 bits per heavy atom. The third-order valence-electron chi connectivity index (χ3n) is 5.40. The summed E-state index contributed by atoms with van der Waals surface area (Å²) < 4.78 is 0. The summed E-state index contributed by atoms with van der Waals surface area (Å²) in [7, 11) is 19.1. The highest BCUT2D eigenvalue weighted by molar-refractivity contribution is 6.70. The van der Waals surface area contributed by atoms with Crippen LogP contribution in [0.3, 0.4) is 0 Å². The standard InChI is InChI=1S/C7H24B8N2/c8-4(3-16-1-2-17-4)5(9,6(10,11)12)7(13,14)15/h16-17H,1-3,8-15H2. The number of rotatable bonds is 3. The van der Waals surface area contributed by atoms with Gasteiger partial charge in [-0.3, -0.25) is 0 Å². The highest BCUT2D eigenvalue weighted by Gasteiger charge is 2.56. The summed E-state index contributed by atoms with van der Waals surface area (Å²) >= 11 is 0. The van der Waals surface area contributed by atoms with Gasteiger partial charge in [0.25, 0.3) is 0 Å². The molecular formula is C7H24B8N2. The molecule has 1 saturated heterocycles. The fourth-order valence-corrected chi connectivity index (χ4v) is 3.96. The predicted octanol–water partition coefficient (Wildman–Crippen LogP) is -7.75. The largest absolute Gasteiger partial charge is 0.317 e. The highest BCUT2D eigenvalue weighted by Crippen LogP contribution is 2.60. The zero-order valence-electron chi connectivity index (χ0n) is 13.1. The van der Waals surface area contributed by atoms with E-state index in [0.717, 1.165) is 19.6 Å². The fraction of sp³-hybridized carbons (Fsp3) is 1.00. The van der Waals surface area contributed by atoms with Gasteiger partial charge in [0.2, 0.25) is 0 Å². The Hall–Kier alpha value is 0.439. The van der Waals surface area contributed by atoms with E-state index in [4.69, 9.17) is 0 Å². The summed E-state index contributed by atoms with van der Waals surface area (Å²) in [4.78, 5) is 0. The van der Waals surface area contributed by atoms with Gasteiger partial charge in [-0.25, -0.2) is 0 Å². The average molecular weight is 223 g/mol. The lowest BCUT2D eigenvalue weighted by Crippen LogP contribution is -2.71. The van der Waals surface area contributed by atoms with Gasteiger partial charge >= 0.3 is 0 Å². The average Bonchev–Trinajstić information content (AvgIpc) is 2.14. The van der Waals surface area contributed by atoms with Gasteiger partial charge in [-0.05, 0) is 5.44 Å². The van der Waals surface area contributed by atoms with Crippen LogP contribution in [0.15, 0.2) is 0 Å². The van der Waals surface area contributed by atoms with Crippen molar-refractivity contribution in [3.8, 4) is 0 Å². The zero-order valence-corrected chi connectivity index (χ0v) is 13.1. The topological polar surface area (TPSA) is 24.1 Å². The maximum atomic E-state index is 3.79. The van der Waals surface area contributed by atoms with E-state index in [-0.39, 0.29) is 21.0 Å². The SMILES string of the molecule is BC(B)(B)C(B)(C(B)(B)B)C1(B)CNCCN1. The van der Waals surface area contributed by atoms with Crippen molar-refractivity contribution in [1.29, 1.82) is 0 Å². The van der Waals surface area contributed by atoms with Crippen molar-refractivity contribution in [2.45, 2.75) is 21.0 Å². The van der Waals surface area contributed by atoms with E-state index < -0.39 is 0 Å². The first-order chi connectivity index (χ1) is 7.46. The van der Waals surface area contributed by atoms with Crippen LogP contribution in [0.2, 0.25) is 15.5 Å². The first-order valence-corrected chi connectivity index (χ1v) is 6.91. The van der Waals surface area contributed by atoms with E-state index in [1.165, 1.54) is 0 Å². The fourth-order valence-electron chi connectivity index (χ4n) is 3.96. The van der Waals surface area contributed by atoms with Crippen LogP contribution in [0.4, 0.5) is 0 Å². The molecule has 1 fully saturated rings. The van der Waals surface area contributed by atoms with Crippen LogP contribution in [0.25, 0.3) is 0 Å². The third-order valence-corrected chi connectivity index (χ3v) is 5.40. The van der Waals surface area contributed by atoms with E-state index in [2.05, 4.69) is 73.4 Å². The molecule has 86 valence electrons. The molecule has 0 radical (unpaired) electrons. The molecule has 0 aliphatic carbocycles. The lowest BCUT2D eigenvalue weighted by Gasteiger charge is -2.64. The zero-order chi connectivity index (χ0) is 13.5. The van der Waals surface area contributed by atoms with Crippen LogP contribution in [-0.4, -0.2) is 87.8 Å². The molecule has 0 aromatic heterocycles. The van der Waals surface area contributed by atoms with Crippen molar-refractivity contribution in [2.75, 3.05) is 19.6 Å². The Morgan fingerprint density at radius 3 is 1.59 bits per heavy atom. The Balaban J connectivity index is 3.24. The van der Waals surface area contributed by atoms with Crippen LogP contribution in [0, 0.1) is 0 Å². The Labute approximate surface area is 114 Å². The number of piperazine rings is 1. The molecule has 1 unspecified atom stereocenters. The molecule has 17 heavy (non-hydrogen) atoms. The molecule has 0 spiro atoms. The van der Waals surface area contributed by atoms with Gasteiger partial charge in [0.15, 0.2) is 0 Å². The summed E-state index contributed by atoms with van der Waals surface area (Å²) in [6.07, 6.45) is 0. The van der Waals surface area contributed by atoms with Gasteiger partial charge in [0, 0.05) is 19.6 Å². The summed E-state index contributed by atoms with van der Waals surface area (Å²) in [5, 5.41) is 8.07. The minimum absolute atomic E-state index is 0.141. The molecule has 0 bridgehead atoms. The molecule has 0 amide bonds. The van der Waals surface area contributed by atoms with Crippen molar-refractivity contribution >= 4 is 62.8 Å². The molecule has 2 nitrogen and oxygen atoms in total. The normalized spacial score (nSPS) is 27.8. The van der Waals surface area contributed by atoms with Gasteiger partial charge in [0.1, 0.15) is 15.7 Å². The van der Waals surface area contributed by atoms with Crippen LogP contribution in [0.5, 0.6) is 0 Å². The van der Waals surface area contributed by atoms with Gasteiger partial charge in [-0.2, -0.15) is 0 Å². The van der Waals surface area contributed by atoms with E-state index in [0.29, 0.717) is 0 Å². The van der Waals surface area contributed by atoms with Crippen molar-refractivity contribution in [3.63, 3.8) is 0 Å². The number of hydrogen-bond acceptors (Lipinski definition) is 2. The van der Waals surface area contributed by atoms with Gasteiger partial charge < -0.3 is 10.6 Å². The molecule has 0 aromatic rings. The molecule has 0 saturated carbocycles. The molecule has 1 heterocycles. The third kappa shape index (κ3) is 2.45. The monoisotopic (exact) mass is 224 g/mol. The lowest BCUT2D eigenvalue weighted by atomic mass is 9.11. The summed E-state index contributed by atoms with van der Waals surface area (Å²) in [6, 6.07) is 0. The molecule has 1 aliphatic heterocycles. The van der Waals surface area contributed by atoms with Gasteiger partial charge in [-0.1, -0.05) is 5.31 Å². The van der Waals surface area contributed by atoms with E-state index >= 15 is 0 Å². The molecule has 1 aliphatic rings. The number of hydrogen-bond donors (Lipinski definition) is 2. The molecule has 1 rings (SSSR count). The molecular weight excluding hydrogens is 199 g/mol. The summed E-state index contributed by atoms with van der Waals surface area (Å²) in [5.41, 5.74) is 0.141. The van der Waals surface area contributed by atoms with E-state index in [1.54, 1.807) is 0 Å². The predicted molar refractivity (Wildman–Crippen MR) is 100 cm³/mol. The first-order valence-electron chi connectivity index (χ1n) is 6.91. The van der Waals surface area contributed by atoms with Crippen LogP contribution >= 0.6 is 0 Å². The van der Waals surface area contributed by atoms with Gasteiger partial charge in [-0.15, -0.1) is 10.2 Å². The van der Waals surface area contributed by atoms with Crippen LogP contribution < -0.4 is 10.6 Å². The second kappa shape index (κ2) is 4.52. The van der Waals surface area contributed by atoms with Crippen molar-refractivity contribution in [1.82, 2.24) is 10.6 Å². The van der Waals surface area contributed by atoms with Crippen molar-refractivity contribution in [3.05, 3.63) is 0 Å². The summed E-state index contributed by atoms with van der Waals surface area (Å²) in [5.74, 6) is 0. The molecule has 1 atom stereocenters. The van der Waals surface area contributed by atoms with Crippen LogP contribution in [-0.2, 0) is 0 Å². The summed E-state index contributed by atoms with van der Waals surface area (Å²) in [6.45, 7) is 3.20. The highest BCUT2D eigenvalue weighted by atomic mass is 15.1. The van der Waals surface area contributed by atoms with E-state index in [9.17, 15) is 0 Å².